The highest BCUT2D eigenvalue weighted by molar-refractivity contribution is 7.88. The van der Waals surface area contributed by atoms with Gasteiger partial charge in [-0.05, 0) is 6.08 Å². The van der Waals surface area contributed by atoms with E-state index in [0.717, 1.165) is 17.7 Å². The van der Waals surface area contributed by atoms with Gasteiger partial charge in [-0.3, -0.25) is 4.31 Å². The van der Waals surface area contributed by atoms with E-state index >= 15 is 0 Å². The normalized spacial score (nSPS) is 19.5. The third-order valence-electron chi connectivity index (χ3n) is 2.07. The van der Waals surface area contributed by atoms with Gasteiger partial charge in [-0.15, -0.1) is 0 Å². The summed E-state index contributed by atoms with van der Waals surface area (Å²) >= 11 is 0. The number of allylic oxidation sites excluding steroid dienone is 1. The van der Waals surface area contributed by atoms with Crippen LogP contribution in [0.15, 0.2) is 16.9 Å². The SMILES string of the molecule is COC(=O)C1=CC(=NO)CCN1S(C)(=O)=O. The zero-order chi connectivity index (χ0) is 12.3. The number of esters is 1. The van der Waals surface area contributed by atoms with E-state index in [1.807, 2.05) is 0 Å². The van der Waals surface area contributed by atoms with Gasteiger partial charge in [0.05, 0.1) is 19.1 Å². The smallest absolute Gasteiger partial charge is 0.355 e. The highest BCUT2D eigenvalue weighted by Crippen LogP contribution is 2.18. The first-order valence-corrected chi connectivity index (χ1v) is 6.23. The van der Waals surface area contributed by atoms with Crippen molar-refractivity contribution in [3.8, 4) is 0 Å². The van der Waals surface area contributed by atoms with Crippen LogP contribution in [0, 0.1) is 0 Å². The largest absolute Gasteiger partial charge is 0.464 e. The Morgan fingerprint density at radius 1 is 1.62 bits per heavy atom. The molecule has 0 saturated heterocycles. The van der Waals surface area contributed by atoms with Crippen LogP contribution in [-0.4, -0.2) is 49.5 Å². The van der Waals surface area contributed by atoms with E-state index in [1.54, 1.807) is 0 Å². The summed E-state index contributed by atoms with van der Waals surface area (Å²) < 4.78 is 28.2. The fourth-order valence-electron chi connectivity index (χ4n) is 1.33. The fourth-order valence-corrected chi connectivity index (χ4v) is 2.23. The molecule has 0 spiro atoms. The molecule has 1 rings (SSSR count). The molecular formula is C8H12N2O5S. The number of sulfonamides is 1. The van der Waals surface area contributed by atoms with Crippen molar-refractivity contribution in [2.45, 2.75) is 6.42 Å². The Labute approximate surface area is 93.0 Å². The van der Waals surface area contributed by atoms with Gasteiger partial charge in [-0.1, -0.05) is 5.16 Å². The van der Waals surface area contributed by atoms with E-state index in [2.05, 4.69) is 9.89 Å². The van der Waals surface area contributed by atoms with Gasteiger partial charge >= 0.3 is 5.97 Å². The standard InChI is InChI=1S/C8H12N2O5S/c1-15-8(11)7-5-6(9-12)3-4-10(7)16(2,13)14/h5,12H,3-4H2,1-2H3. The minimum atomic E-state index is -3.53. The van der Waals surface area contributed by atoms with Crippen molar-refractivity contribution in [1.29, 1.82) is 0 Å². The Morgan fingerprint density at radius 3 is 2.69 bits per heavy atom. The number of oxime groups is 1. The molecule has 0 atom stereocenters. The monoisotopic (exact) mass is 248 g/mol. The molecule has 0 aromatic carbocycles. The van der Waals surface area contributed by atoms with Crippen molar-refractivity contribution in [1.82, 2.24) is 4.31 Å². The molecule has 7 nitrogen and oxygen atoms in total. The minimum absolute atomic E-state index is 0.0547. The van der Waals surface area contributed by atoms with Crippen molar-refractivity contribution in [2.24, 2.45) is 5.16 Å². The molecule has 0 saturated carbocycles. The van der Waals surface area contributed by atoms with Crippen LogP contribution < -0.4 is 0 Å². The molecule has 16 heavy (non-hydrogen) atoms. The van der Waals surface area contributed by atoms with Crippen LogP contribution in [0.3, 0.4) is 0 Å². The van der Waals surface area contributed by atoms with Crippen LogP contribution in [0.4, 0.5) is 0 Å². The molecule has 0 aromatic heterocycles. The second-order valence-electron chi connectivity index (χ2n) is 3.20. The molecule has 1 aliphatic heterocycles. The number of rotatable bonds is 2. The number of methoxy groups -OCH3 is 1. The Bertz CT molecular complexity index is 451. The van der Waals surface area contributed by atoms with Crippen LogP contribution in [0.25, 0.3) is 0 Å². The second-order valence-corrected chi connectivity index (χ2v) is 5.10. The lowest BCUT2D eigenvalue weighted by Crippen LogP contribution is -2.38. The summed E-state index contributed by atoms with van der Waals surface area (Å²) in [6.07, 6.45) is 2.42. The zero-order valence-electron chi connectivity index (χ0n) is 8.87. The van der Waals surface area contributed by atoms with Crippen molar-refractivity contribution >= 4 is 21.7 Å². The average Bonchev–Trinajstić information content (AvgIpc) is 2.25. The van der Waals surface area contributed by atoms with E-state index < -0.39 is 16.0 Å². The number of carbonyl (C=O) groups excluding carboxylic acids is 1. The zero-order valence-corrected chi connectivity index (χ0v) is 9.69. The molecule has 1 N–H and O–H groups in total. The van der Waals surface area contributed by atoms with Gasteiger partial charge in [-0.2, -0.15) is 0 Å². The van der Waals surface area contributed by atoms with E-state index in [1.165, 1.54) is 6.08 Å². The lowest BCUT2D eigenvalue weighted by molar-refractivity contribution is -0.137. The molecule has 90 valence electrons. The lowest BCUT2D eigenvalue weighted by atomic mass is 10.1. The summed E-state index contributed by atoms with van der Waals surface area (Å²) in [4.78, 5) is 11.4. The first-order valence-electron chi connectivity index (χ1n) is 4.38. The number of hydrogen-bond acceptors (Lipinski definition) is 6. The maximum Gasteiger partial charge on any atom is 0.355 e. The number of carbonyl (C=O) groups is 1. The first-order chi connectivity index (χ1) is 7.40. The Balaban J connectivity index is 3.19. The van der Waals surface area contributed by atoms with Gasteiger partial charge in [0.15, 0.2) is 0 Å². The third kappa shape index (κ3) is 2.51. The minimum Gasteiger partial charge on any atom is -0.464 e. The number of hydrogen-bond donors (Lipinski definition) is 1. The van der Waals surface area contributed by atoms with Gasteiger partial charge < -0.3 is 9.94 Å². The molecule has 0 aliphatic carbocycles. The molecule has 0 radical (unpaired) electrons. The van der Waals surface area contributed by atoms with Crippen molar-refractivity contribution < 1.29 is 23.2 Å². The Morgan fingerprint density at radius 2 is 2.25 bits per heavy atom. The highest BCUT2D eigenvalue weighted by atomic mass is 32.2. The van der Waals surface area contributed by atoms with Crippen LogP contribution in [0.1, 0.15) is 6.42 Å². The van der Waals surface area contributed by atoms with Gasteiger partial charge in [0.1, 0.15) is 5.70 Å². The summed E-state index contributed by atoms with van der Waals surface area (Å²) in [5, 5.41) is 11.5. The van der Waals surface area contributed by atoms with Gasteiger partial charge in [0.25, 0.3) is 0 Å². The van der Waals surface area contributed by atoms with E-state index in [4.69, 9.17) is 5.21 Å². The molecule has 0 unspecified atom stereocenters. The highest BCUT2D eigenvalue weighted by Gasteiger charge is 2.29. The Kier molecular flexibility index (Phi) is 3.53. The molecule has 0 fully saturated rings. The first kappa shape index (κ1) is 12.5. The van der Waals surface area contributed by atoms with Crippen LogP contribution in [0.2, 0.25) is 0 Å². The maximum atomic E-state index is 11.4. The number of ether oxygens (including phenoxy) is 1. The molecule has 8 heteroatoms. The molecule has 1 aliphatic rings. The summed E-state index contributed by atoms with van der Waals surface area (Å²) in [5.41, 5.74) is 0.0874. The molecular weight excluding hydrogens is 236 g/mol. The second kappa shape index (κ2) is 4.52. The molecule has 0 aromatic rings. The lowest BCUT2D eigenvalue weighted by Gasteiger charge is -2.26. The summed E-state index contributed by atoms with van der Waals surface area (Å²) in [6.45, 7) is 0.0547. The van der Waals surface area contributed by atoms with E-state index in [-0.39, 0.29) is 24.4 Å². The van der Waals surface area contributed by atoms with Crippen LogP contribution in [0.5, 0.6) is 0 Å². The van der Waals surface area contributed by atoms with Crippen LogP contribution in [-0.2, 0) is 19.6 Å². The fraction of sp³-hybridized carbons (Fsp3) is 0.500. The van der Waals surface area contributed by atoms with E-state index in [0.29, 0.717) is 0 Å². The predicted molar refractivity (Wildman–Crippen MR) is 55.5 cm³/mol. The third-order valence-corrected chi connectivity index (χ3v) is 3.25. The molecule has 1 heterocycles. The van der Waals surface area contributed by atoms with Crippen molar-refractivity contribution in [3.63, 3.8) is 0 Å². The van der Waals surface area contributed by atoms with Crippen molar-refractivity contribution in [3.05, 3.63) is 11.8 Å². The molecule has 0 bridgehead atoms. The van der Waals surface area contributed by atoms with Gasteiger partial charge in [0, 0.05) is 13.0 Å². The summed E-state index contributed by atoms with van der Waals surface area (Å²) in [7, 11) is -2.39. The van der Waals surface area contributed by atoms with Gasteiger partial charge in [-0.25, -0.2) is 13.2 Å². The summed E-state index contributed by atoms with van der Waals surface area (Å²) in [6, 6.07) is 0. The quantitative estimate of drug-likeness (QED) is 0.405. The van der Waals surface area contributed by atoms with Crippen LogP contribution >= 0.6 is 0 Å². The predicted octanol–water partition coefficient (Wildman–Crippen LogP) is -0.461. The molecule has 0 amide bonds. The maximum absolute atomic E-state index is 11.4. The van der Waals surface area contributed by atoms with Crippen molar-refractivity contribution in [2.75, 3.05) is 19.9 Å². The Hall–Kier alpha value is -1.57. The number of nitrogens with zero attached hydrogens (tertiary/aromatic N) is 2. The average molecular weight is 248 g/mol. The topological polar surface area (TPSA) is 96.3 Å². The summed E-state index contributed by atoms with van der Waals surface area (Å²) in [5.74, 6) is -0.786. The van der Waals surface area contributed by atoms with Gasteiger partial charge in [0.2, 0.25) is 10.0 Å². The van der Waals surface area contributed by atoms with E-state index in [9.17, 15) is 13.2 Å².